The summed E-state index contributed by atoms with van der Waals surface area (Å²) >= 11 is 2.67. The third-order valence-corrected chi connectivity index (χ3v) is 9.80. The van der Waals surface area contributed by atoms with Gasteiger partial charge in [-0.3, -0.25) is 14.4 Å². The molecule has 2 heterocycles. The lowest BCUT2D eigenvalue weighted by Crippen LogP contribution is -2.61. The smallest absolute Gasteiger partial charge is 0.258 e. The van der Waals surface area contributed by atoms with Gasteiger partial charge in [-0.05, 0) is 58.4 Å². The average Bonchev–Trinajstić information content (AvgIpc) is 3.30. The number of nitrogens with zero attached hydrogens (tertiary/aromatic N) is 2. The van der Waals surface area contributed by atoms with Crippen LogP contribution in [-0.4, -0.2) is 74.1 Å². The number of aryl methyl sites for hydroxylation is 1. The highest BCUT2D eigenvalue weighted by atomic mass is 32.2. The van der Waals surface area contributed by atoms with Crippen LogP contribution in [0.3, 0.4) is 0 Å². The predicted octanol–water partition coefficient (Wildman–Crippen LogP) is 3.53. The maximum absolute atomic E-state index is 15.0. The standard InChI is InChI=1S/C27H34F2N4O4S2/c1-14(16-6-7-18(19(28)10-16)21-15(2)30-13-39-21)31-23(35)20-11-17(34)12-33(20)24(36)22(26(3,4)38-5)32-25(37)27(29)8-9-27/h6-7,10,13-14,17,20,22,34H,8-9,11-12H2,1-5H3,(H,31,35)(H,32,37)/t14-,17+,20?,22+/m0/s1. The van der Waals surface area contributed by atoms with Crippen LogP contribution < -0.4 is 10.6 Å². The highest BCUT2D eigenvalue weighted by Crippen LogP contribution is 2.41. The molecule has 1 aliphatic heterocycles. The molecule has 1 unspecified atom stereocenters. The molecule has 1 aliphatic carbocycles. The number of nitrogens with one attached hydrogen (secondary N) is 2. The number of hydrogen-bond donors (Lipinski definition) is 3. The molecular formula is C27H34F2N4O4S2. The number of likely N-dealkylation sites (tertiary alicyclic amines) is 1. The molecule has 1 saturated carbocycles. The minimum Gasteiger partial charge on any atom is -0.391 e. The number of carbonyl (C=O) groups excluding carboxylic acids is 3. The Labute approximate surface area is 234 Å². The molecule has 3 N–H and O–H groups in total. The average molecular weight is 581 g/mol. The van der Waals surface area contributed by atoms with Gasteiger partial charge < -0.3 is 20.6 Å². The first kappa shape index (κ1) is 29.4. The Morgan fingerprint density at radius 3 is 2.54 bits per heavy atom. The molecule has 2 fully saturated rings. The van der Waals surface area contributed by atoms with Gasteiger partial charge in [0.25, 0.3) is 5.91 Å². The van der Waals surface area contributed by atoms with Gasteiger partial charge in [-0.2, -0.15) is 11.8 Å². The number of carbonyl (C=O) groups is 3. The molecule has 0 bridgehead atoms. The van der Waals surface area contributed by atoms with E-state index < -0.39 is 58.2 Å². The Morgan fingerprint density at radius 1 is 1.28 bits per heavy atom. The fourth-order valence-electron chi connectivity index (χ4n) is 4.66. The Hall–Kier alpha value is -2.57. The zero-order valence-electron chi connectivity index (χ0n) is 22.6. The molecule has 12 heteroatoms. The number of aliphatic hydroxyl groups is 1. The Balaban J connectivity index is 1.50. The van der Waals surface area contributed by atoms with Crippen molar-refractivity contribution in [3.63, 3.8) is 0 Å². The lowest BCUT2D eigenvalue weighted by Gasteiger charge is -2.37. The molecule has 0 spiro atoms. The van der Waals surface area contributed by atoms with E-state index >= 15 is 0 Å². The van der Waals surface area contributed by atoms with Crippen molar-refractivity contribution >= 4 is 40.8 Å². The summed E-state index contributed by atoms with van der Waals surface area (Å²) in [7, 11) is 0. The van der Waals surface area contributed by atoms with Crippen LogP contribution in [0.2, 0.25) is 0 Å². The Kier molecular flexibility index (Phi) is 8.39. The monoisotopic (exact) mass is 580 g/mol. The van der Waals surface area contributed by atoms with E-state index in [1.807, 2.05) is 6.92 Å². The van der Waals surface area contributed by atoms with Crippen LogP contribution >= 0.6 is 23.1 Å². The molecule has 0 radical (unpaired) electrons. The van der Waals surface area contributed by atoms with Gasteiger partial charge in [-0.1, -0.05) is 12.1 Å². The highest BCUT2D eigenvalue weighted by Gasteiger charge is 2.54. The molecule has 4 atom stereocenters. The number of aromatic nitrogens is 1. The molecule has 39 heavy (non-hydrogen) atoms. The molecule has 2 aliphatic rings. The molecule has 1 aromatic carbocycles. The topological polar surface area (TPSA) is 112 Å². The first-order valence-corrected chi connectivity index (χ1v) is 14.9. The molecular weight excluding hydrogens is 546 g/mol. The second kappa shape index (κ2) is 11.1. The van der Waals surface area contributed by atoms with Crippen LogP contribution in [0, 0.1) is 12.7 Å². The second-order valence-corrected chi connectivity index (χ2v) is 13.1. The third kappa shape index (κ3) is 6.12. The summed E-state index contributed by atoms with van der Waals surface area (Å²) < 4.78 is 28.6. The summed E-state index contributed by atoms with van der Waals surface area (Å²) in [6.45, 7) is 6.93. The van der Waals surface area contributed by atoms with Crippen molar-refractivity contribution in [1.82, 2.24) is 20.5 Å². The molecule has 4 rings (SSSR count). The van der Waals surface area contributed by atoms with Crippen LogP contribution in [0.4, 0.5) is 8.78 Å². The van der Waals surface area contributed by atoms with Gasteiger partial charge in [0.1, 0.15) is 17.9 Å². The van der Waals surface area contributed by atoms with Gasteiger partial charge in [0.05, 0.1) is 28.2 Å². The van der Waals surface area contributed by atoms with Gasteiger partial charge in [0.15, 0.2) is 5.67 Å². The van der Waals surface area contributed by atoms with E-state index in [-0.39, 0.29) is 25.8 Å². The maximum atomic E-state index is 15.0. The molecule has 8 nitrogen and oxygen atoms in total. The maximum Gasteiger partial charge on any atom is 0.258 e. The van der Waals surface area contributed by atoms with Crippen molar-refractivity contribution < 1.29 is 28.3 Å². The first-order chi connectivity index (χ1) is 18.3. The summed E-state index contributed by atoms with van der Waals surface area (Å²) in [5, 5.41) is 15.8. The SMILES string of the molecule is CSC(C)(C)[C@H](NC(=O)C1(F)CC1)C(=O)N1C[C@H](O)CC1C(=O)N[C@@H](C)c1ccc(-c2scnc2C)c(F)c1. The van der Waals surface area contributed by atoms with E-state index in [9.17, 15) is 28.3 Å². The van der Waals surface area contributed by atoms with Gasteiger partial charge >= 0.3 is 0 Å². The number of thiazole rings is 1. The van der Waals surface area contributed by atoms with Gasteiger partial charge in [-0.15, -0.1) is 11.3 Å². The predicted molar refractivity (Wildman–Crippen MR) is 148 cm³/mol. The van der Waals surface area contributed by atoms with Crippen molar-refractivity contribution in [3.05, 3.63) is 40.8 Å². The fraction of sp³-hybridized carbons (Fsp3) is 0.556. The van der Waals surface area contributed by atoms with Crippen molar-refractivity contribution in [2.45, 2.75) is 81.6 Å². The van der Waals surface area contributed by atoms with Crippen LogP contribution in [0.5, 0.6) is 0 Å². The van der Waals surface area contributed by atoms with Crippen molar-refractivity contribution in [3.8, 4) is 10.4 Å². The number of alkyl halides is 1. The Bertz CT molecular complexity index is 1270. The summed E-state index contributed by atoms with van der Waals surface area (Å²) in [5.74, 6) is -2.34. The van der Waals surface area contributed by atoms with Gasteiger partial charge in [0.2, 0.25) is 11.8 Å². The number of aliphatic hydroxyl groups excluding tert-OH is 1. The summed E-state index contributed by atoms with van der Waals surface area (Å²) in [4.78, 5) is 45.7. The zero-order chi connectivity index (χ0) is 28.7. The number of thioether (sulfide) groups is 1. The van der Waals surface area contributed by atoms with E-state index in [0.29, 0.717) is 11.1 Å². The summed E-state index contributed by atoms with van der Waals surface area (Å²) in [5.41, 5.74) is 1.39. The quantitative estimate of drug-likeness (QED) is 0.419. The molecule has 212 valence electrons. The summed E-state index contributed by atoms with van der Waals surface area (Å²) in [6, 6.07) is 2.05. The van der Waals surface area contributed by atoms with Crippen molar-refractivity contribution in [2.75, 3.05) is 12.8 Å². The minimum absolute atomic E-state index is 0.00958. The second-order valence-electron chi connectivity index (χ2n) is 10.8. The van der Waals surface area contributed by atoms with E-state index in [4.69, 9.17) is 0 Å². The normalized spacial score (nSPS) is 21.8. The number of benzene rings is 1. The number of halogens is 2. The lowest BCUT2D eigenvalue weighted by molar-refractivity contribution is -0.143. The highest BCUT2D eigenvalue weighted by molar-refractivity contribution is 8.00. The summed E-state index contributed by atoms with van der Waals surface area (Å²) in [6.07, 6.45) is 1.06. The van der Waals surface area contributed by atoms with Gasteiger partial charge in [-0.25, -0.2) is 13.8 Å². The minimum atomic E-state index is -1.96. The van der Waals surface area contributed by atoms with Crippen molar-refractivity contribution in [1.29, 1.82) is 0 Å². The van der Waals surface area contributed by atoms with Crippen LogP contribution in [-0.2, 0) is 14.4 Å². The number of β-amino-alcohol motifs (C(OH)–C–C–N with tert-alkyl or cyclic N) is 1. The van der Waals surface area contributed by atoms with Crippen LogP contribution in [0.25, 0.3) is 10.4 Å². The number of amides is 3. The fourth-order valence-corrected chi connectivity index (χ4v) is 5.89. The lowest BCUT2D eigenvalue weighted by atomic mass is 10.00. The van der Waals surface area contributed by atoms with Gasteiger partial charge in [0, 0.05) is 23.3 Å². The van der Waals surface area contributed by atoms with Crippen LogP contribution in [0.15, 0.2) is 23.7 Å². The van der Waals surface area contributed by atoms with E-state index in [1.54, 1.807) is 44.7 Å². The number of hydrogen-bond acceptors (Lipinski definition) is 7. The molecule has 1 saturated heterocycles. The van der Waals surface area contributed by atoms with E-state index in [1.165, 1.54) is 34.1 Å². The first-order valence-electron chi connectivity index (χ1n) is 12.8. The zero-order valence-corrected chi connectivity index (χ0v) is 24.2. The largest absolute Gasteiger partial charge is 0.391 e. The molecule has 2 aromatic rings. The molecule has 3 amide bonds. The van der Waals surface area contributed by atoms with E-state index in [2.05, 4.69) is 15.6 Å². The van der Waals surface area contributed by atoms with Crippen molar-refractivity contribution in [2.24, 2.45) is 0 Å². The van der Waals surface area contributed by atoms with E-state index in [0.717, 1.165) is 10.6 Å². The Morgan fingerprint density at radius 2 is 1.97 bits per heavy atom. The molecule has 1 aromatic heterocycles. The third-order valence-electron chi connectivity index (χ3n) is 7.55. The number of rotatable bonds is 9. The van der Waals surface area contributed by atoms with Crippen LogP contribution in [0.1, 0.15) is 57.3 Å².